The van der Waals surface area contributed by atoms with Crippen LogP contribution in [0.3, 0.4) is 0 Å². The molecule has 0 saturated carbocycles. The summed E-state index contributed by atoms with van der Waals surface area (Å²) in [6, 6.07) is 10.3. The molecule has 7 heteroatoms. The number of methoxy groups -OCH3 is 1. The van der Waals surface area contributed by atoms with E-state index in [2.05, 4.69) is 5.32 Å². The maximum atomic E-state index is 13.1. The maximum Gasteiger partial charge on any atom is 0.322 e. The van der Waals surface area contributed by atoms with Gasteiger partial charge in [-0.2, -0.15) is 0 Å². The average molecular weight is 353 g/mol. The molecule has 1 aromatic heterocycles. The zero-order chi connectivity index (χ0) is 18.3. The topological polar surface area (TPSA) is 75.0 Å². The van der Waals surface area contributed by atoms with Crippen LogP contribution in [0.15, 0.2) is 58.3 Å². The van der Waals surface area contributed by atoms with Gasteiger partial charge in [0, 0.05) is 7.05 Å². The highest BCUT2D eigenvalue weighted by atomic mass is 16.5. The van der Waals surface area contributed by atoms with Crippen molar-refractivity contribution >= 4 is 11.9 Å². The Hall–Kier alpha value is -3.22. The lowest BCUT2D eigenvalue weighted by atomic mass is 9.95. The largest absolute Gasteiger partial charge is 0.497 e. The molecule has 1 N–H and O–H groups in total. The molecule has 0 radical (unpaired) electrons. The third-order valence-corrected chi connectivity index (χ3v) is 4.79. The van der Waals surface area contributed by atoms with Gasteiger partial charge in [0.2, 0.25) is 0 Å². The predicted octanol–water partition coefficient (Wildman–Crippen LogP) is 2.28. The van der Waals surface area contributed by atoms with E-state index in [0.717, 1.165) is 11.3 Å². The fourth-order valence-electron chi connectivity index (χ4n) is 3.41. The molecule has 0 fully saturated rings. The van der Waals surface area contributed by atoms with Crippen LogP contribution in [-0.4, -0.2) is 42.4 Å². The van der Waals surface area contributed by atoms with Crippen molar-refractivity contribution in [2.45, 2.75) is 12.6 Å². The lowest BCUT2D eigenvalue weighted by molar-refractivity contribution is -0.126. The van der Waals surface area contributed by atoms with Crippen molar-refractivity contribution in [2.75, 3.05) is 20.7 Å². The van der Waals surface area contributed by atoms with Crippen LogP contribution in [0.5, 0.6) is 5.75 Å². The van der Waals surface area contributed by atoms with Gasteiger partial charge in [0.1, 0.15) is 11.5 Å². The number of hydrogen-bond donors (Lipinski definition) is 1. The summed E-state index contributed by atoms with van der Waals surface area (Å²) in [4.78, 5) is 28.7. The van der Waals surface area contributed by atoms with Crippen molar-refractivity contribution in [3.05, 3.63) is 65.3 Å². The third-order valence-electron chi connectivity index (χ3n) is 4.79. The van der Waals surface area contributed by atoms with Gasteiger partial charge in [0.25, 0.3) is 5.91 Å². The van der Waals surface area contributed by atoms with Gasteiger partial charge in [-0.3, -0.25) is 9.69 Å². The molecule has 1 atom stereocenters. The number of carbonyl (C=O) groups excluding carboxylic acids is 2. The van der Waals surface area contributed by atoms with Crippen LogP contribution in [0, 0.1) is 0 Å². The first-order valence-corrected chi connectivity index (χ1v) is 8.31. The van der Waals surface area contributed by atoms with Crippen molar-refractivity contribution in [2.24, 2.45) is 0 Å². The van der Waals surface area contributed by atoms with Gasteiger partial charge in [-0.25, -0.2) is 4.79 Å². The monoisotopic (exact) mass is 353 g/mol. The molecular formula is C19H19N3O4. The van der Waals surface area contributed by atoms with E-state index in [1.807, 2.05) is 30.3 Å². The van der Waals surface area contributed by atoms with Crippen molar-refractivity contribution in [1.82, 2.24) is 15.1 Å². The van der Waals surface area contributed by atoms with Crippen molar-refractivity contribution in [1.29, 1.82) is 0 Å². The zero-order valence-corrected chi connectivity index (χ0v) is 14.6. The maximum absolute atomic E-state index is 13.1. The summed E-state index contributed by atoms with van der Waals surface area (Å²) in [5.41, 5.74) is 2.12. The Morgan fingerprint density at radius 2 is 2.12 bits per heavy atom. The molecule has 0 bridgehead atoms. The normalized spacial score (nSPS) is 19.7. The van der Waals surface area contributed by atoms with Gasteiger partial charge in [0.15, 0.2) is 0 Å². The summed E-state index contributed by atoms with van der Waals surface area (Å²) in [5, 5.41) is 2.92. The van der Waals surface area contributed by atoms with Gasteiger partial charge in [-0.1, -0.05) is 12.1 Å². The number of urea groups is 1. The minimum absolute atomic E-state index is 0.101. The Morgan fingerprint density at radius 3 is 2.85 bits per heavy atom. The van der Waals surface area contributed by atoms with Gasteiger partial charge in [-0.05, 0) is 29.8 Å². The molecule has 2 aliphatic rings. The molecular weight excluding hydrogens is 334 g/mol. The van der Waals surface area contributed by atoms with Crippen LogP contribution < -0.4 is 10.1 Å². The number of nitrogens with one attached hydrogen (secondary N) is 1. The Kier molecular flexibility index (Phi) is 3.91. The fraction of sp³-hybridized carbons (Fsp3) is 0.263. The predicted molar refractivity (Wildman–Crippen MR) is 93.2 cm³/mol. The summed E-state index contributed by atoms with van der Waals surface area (Å²) < 4.78 is 10.6. The van der Waals surface area contributed by atoms with E-state index in [9.17, 15) is 9.59 Å². The highest BCUT2D eigenvalue weighted by Crippen LogP contribution is 2.36. The molecule has 26 heavy (non-hydrogen) atoms. The van der Waals surface area contributed by atoms with Crippen LogP contribution in [0.1, 0.15) is 17.4 Å². The van der Waals surface area contributed by atoms with Crippen LogP contribution in [-0.2, 0) is 11.3 Å². The van der Waals surface area contributed by atoms with Gasteiger partial charge in [0.05, 0.1) is 43.8 Å². The fourth-order valence-corrected chi connectivity index (χ4v) is 3.41. The first-order chi connectivity index (χ1) is 12.6. The van der Waals surface area contributed by atoms with Crippen LogP contribution >= 0.6 is 0 Å². The molecule has 7 nitrogen and oxygen atoms in total. The second kappa shape index (κ2) is 6.25. The minimum atomic E-state index is -0.502. The van der Waals surface area contributed by atoms with E-state index in [1.54, 1.807) is 31.4 Å². The molecule has 4 rings (SSSR count). The quantitative estimate of drug-likeness (QED) is 0.915. The molecule has 0 saturated heterocycles. The number of furan rings is 1. The zero-order valence-electron chi connectivity index (χ0n) is 14.6. The third kappa shape index (κ3) is 2.61. The summed E-state index contributed by atoms with van der Waals surface area (Å²) in [5.74, 6) is 1.28. The van der Waals surface area contributed by atoms with E-state index in [1.165, 1.54) is 4.90 Å². The number of nitrogens with zero attached hydrogens (tertiary/aromatic N) is 2. The summed E-state index contributed by atoms with van der Waals surface area (Å²) in [7, 11) is 3.26. The molecule has 0 spiro atoms. The van der Waals surface area contributed by atoms with E-state index >= 15 is 0 Å². The second-order valence-corrected chi connectivity index (χ2v) is 6.32. The van der Waals surface area contributed by atoms with E-state index in [-0.39, 0.29) is 11.9 Å². The smallest absolute Gasteiger partial charge is 0.322 e. The highest BCUT2D eigenvalue weighted by Gasteiger charge is 2.43. The number of carbonyl (C=O) groups is 2. The number of hydrogen-bond acceptors (Lipinski definition) is 4. The molecule has 134 valence electrons. The lowest BCUT2D eigenvalue weighted by Gasteiger charge is -2.31. The van der Waals surface area contributed by atoms with Gasteiger partial charge in [-0.15, -0.1) is 0 Å². The van der Waals surface area contributed by atoms with Gasteiger partial charge < -0.3 is 19.4 Å². The lowest BCUT2D eigenvalue weighted by Crippen LogP contribution is -2.45. The Morgan fingerprint density at radius 1 is 1.27 bits per heavy atom. The van der Waals surface area contributed by atoms with E-state index in [0.29, 0.717) is 30.2 Å². The van der Waals surface area contributed by atoms with Crippen LogP contribution in [0.4, 0.5) is 4.79 Å². The van der Waals surface area contributed by atoms with Gasteiger partial charge >= 0.3 is 6.03 Å². The number of rotatable bonds is 4. The van der Waals surface area contributed by atoms with E-state index in [4.69, 9.17) is 9.15 Å². The van der Waals surface area contributed by atoms with Crippen molar-refractivity contribution in [3.63, 3.8) is 0 Å². The number of benzene rings is 1. The Labute approximate surface area is 150 Å². The first kappa shape index (κ1) is 16.3. The first-order valence-electron chi connectivity index (χ1n) is 8.31. The molecule has 3 heterocycles. The van der Waals surface area contributed by atoms with Crippen LogP contribution in [0.25, 0.3) is 0 Å². The van der Waals surface area contributed by atoms with E-state index < -0.39 is 6.04 Å². The highest BCUT2D eigenvalue weighted by molar-refractivity contribution is 6.01. The molecule has 3 amide bonds. The Bertz CT molecular complexity index is 888. The Balaban J connectivity index is 1.70. The molecule has 0 aliphatic carbocycles. The molecule has 2 aromatic rings. The average Bonchev–Trinajstić information content (AvgIpc) is 3.27. The van der Waals surface area contributed by atoms with Crippen LogP contribution in [0.2, 0.25) is 0 Å². The van der Waals surface area contributed by atoms with Crippen molar-refractivity contribution < 1.29 is 18.7 Å². The molecule has 1 unspecified atom stereocenters. The summed E-state index contributed by atoms with van der Waals surface area (Å²) in [6.45, 7) is 0.741. The number of likely N-dealkylation sites (N-methyl/N-ethyl adjacent to an activating group) is 1. The molecule has 2 aliphatic heterocycles. The minimum Gasteiger partial charge on any atom is -0.497 e. The summed E-state index contributed by atoms with van der Waals surface area (Å²) >= 11 is 0. The molecule has 1 aromatic carbocycles. The number of amides is 3. The summed E-state index contributed by atoms with van der Waals surface area (Å²) in [6.07, 6.45) is 1.58. The standard InChI is InChI=1S/C19H19N3O4/c1-21-15-11-22(10-14-7-4-8-26-14)18(23)16(15)17(20-19(21)24)12-5-3-6-13(9-12)25-2/h3-9,17H,10-11H2,1-2H3,(H,20,24). The second-order valence-electron chi connectivity index (χ2n) is 6.32. The number of ether oxygens (including phenoxy) is 1. The SMILES string of the molecule is COc1cccc(C2NC(=O)N(C)C3=C2C(=O)N(Cc2ccco2)C3)c1. The van der Waals surface area contributed by atoms with Crippen molar-refractivity contribution in [3.8, 4) is 5.75 Å².